The Hall–Kier alpha value is -2.35. The third kappa shape index (κ3) is 3.28. The van der Waals surface area contributed by atoms with Crippen LogP contribution in [-0.4, -0.2) is 36.3 Å². The standard InChI is InChI=1S/C16H18N2O5S/c1-3-14(19)17-16-18(9-15(20)21-4-2)10-7-11-12(8-13(10)24-16)23-6-5-22-11/h7-8H,3-6,9H2,1-2H3. The van der Waals surface area contributed by atoms with Crippen LogP contribution in [0.4, 0.5) is 0 Å². The minimum absolute atomic E-state index is 0.0106. The van der Waals surface area contributed by atoms with Crippen LogP contribution in [0.5, 0.6) is 11.5 Å². The molecule has 7 nitrogen and oxygen atoms in total. The van der Waals surface area contributed by atoms with Crippen LogP contribution in [0.1, 0.15) is 20.3 Å². The summed E-state index contributed by atoms with van der Waals surface area (Å²) in [7, 11) is 0. The Morgan fingerprint density at radius 3 is 2.62 bits per heavy atom. The van der Waals surface area contributed by atoms with Crippen molar-refractivity contribution in [3.05, 3.63) is 16.9 Å². The number of benzene rings is 1. The topological polar surface area (TPSA) is 79.1 Å². The first kappa shape index (κ1) is 16.5. The second-order valence-electron chi connectivity index (χ2n) is 5.10. The molecule has 1 aliphatic heterocycles. The summed E-state index contributed by atoms with van der Waals surface area (Å²) in [4.78, 5) is 28.2. The van der Waals surface area contributed by atoms with Crippen LogP contribution in [-0.2, 0) is 20.9 Å². The number of thiazole rings is 1. The van der Waals surface area contributed by atoms with Crippen LogP contribution >= 0.6 is 11.3 Å². The fourth-order valence-corrected chi connectivity index (χ4v) is 3.42. The van der Waals surface area contributed by atoms with E-state index in [-0.39, 0.29) is 18.4 Å². The lowest BCUT2D eigenvalue weighted by molar-refractivity contribution is -0.143. The van der Waals surface area contributed by atoms with Gasteiger partial charge in [0, 0.05) is 18.6 Å². The lowest BCUT2D eigenvalue weighted by Crippen LogP contribution is -2.23. The number of carbonyl (C=O) groups is 2. The van der Waals surface area contributed by atoms with Crippen molar-refractivity contribution in [2.24, 2.45) is 4.99 Å². The highest BCUT2D eigenvalue weighted by Crippen LogP contribution is 2.35. The molecule has 1 aromatic carbocycles. The Labute approximate surface area is 142 Å². The van der Waals surface area contributed by atoms with Crippen LogP contribution in [0.15, 0.2) is 17.1 Å². The van der Waals surface area contributed by atoms with Crippen molar-refractivity contribution in [1.29, 1.82) is 0 Å². The summed E-state index contributed by atoms with van der Waals surface area (Å²) in [5, 5.41) is 0. The van der Waals surface area contributed by atoms with Gasteiger partial charge in [-0.15, -0.1) is 0 Å². The minimum atomic E-state index is -0.377. The van der Waals surface area contributed by atoms with Gasteiger partial charge >= 0.3 is 5.97 Å². The predicted octanol–water partition coefficient (Wildman–Crippen LogP) is 1.87. The Kier molecular flexibility index (Phi) is 4.84. The zero-order valence-electron chi connectivity index (χ0n) is 13.5. The highest BCUT2D eigenvalue weighted by molar-refractivity contribution is 7.16. The summed E-state index contributed by atoms with van der Waals surface area (Å²) in [6.45, 7) is 4.76. The summed E-state index contributed by atoms with van der Waals surface area (Å²) < 4.78 is 18.8. The largest absolute Gasteiger partial charge is 0.486 e. The monoisotopic (exact) mass is 350 g/mol. The Morgan fingerprint density at radius 1 is 1.25 bits per heavy atom. The van der Waals surface area contributed by atoms with Crippen molar-refractivity contribution < 1.29 is 23.8 Å². The molecular weight excluding hydrogens is 332 g/mol. The van der Waals surface area contributed by atoms with Crippen molar-refractivity contribution in [2.75, 3.05) is 19.8 Å². The van der Waals surface area contributed by atoms with Gasteiger partial charge in [0.2, 0.25) is 5.91 Å². The third-order valence-corrected chi connectivity index (χ3v) is 4.50. The lowest BCUT2D eigenvalue weighted by Gasteiger charge is -2.18. The van der Waals surface area contributed by atoms with E-state index in [4.69, 9.17) is 14.2 Å². The van der Waals surface area contributed by atoms with E-state index >= 15 is 0 Å². The first-order valence-electron chi connectivity index (χ1n) is 7.78. The summed E-state index contributed by atoms with van der Waals surface area (Å²) in [6.07, 6.45) is 0.302. The van der Waals surface area contributed by atoms with Crippen molar-refractivity contribution in [3.8, 4) is 11.5 Å². The zero-order chi connectivity index (χ0) is 17.1. The maximum atomic E-state index is 11.9. The molecule has 3 rings (SSSR count). The number of amides is 1. The van der Waals surface area contributed by atoms with E-state index in [1.807, 2.05) is 12.1 Å². The van der Waals surface area contributed by atoms with Gasteiger partial charge in [0.05, 0.1) is 16.8 Å². The Balaban J connectivity index is 2.15. The average Bonchev–Trinajstić information content (AvgIpc) is 2.89. The van der Waals surface area contributed by atoms with Crippen molar-refractivity contribution in [1.82, 2.24) is 4.57 Å². The minimum Gasteiger partial charge on any atom is -0.486 e. The highest BCUT2D eigenvalue weighted by atomic mass is 32.1. The van der Waals surface area contributed by atoms with E-state index in [1.54, 1.807) is 18.4 Å². The number of aromatic nitrogens is 1. The molecule has 0 saturated carbocycles. The van der Waals surface area contributed by atoms with E-state index in [0.717, 1.165) is 10.2 Å². The number of hydrogen-bond donors (Lipinski definition) is 0. The van der Waals surface area contributed by atoms with Gasteiger partial charge in [-0.25, -0.2) is 0 Å². The van der Waals surface area contributed by atoms with Gasteiger partial charge in [0.15, 0.2) is 16.3 Å². The SMILES string of the molecule is CCOC(=O)Cn1c(=NC(=O)CC)sc2cc3c(cc21)OCCO3. The number of fused-ring (bicyclic) bond motifs is 2. The highest BCUT2D eigenvalue weighted by Gasteiger charge is 2.18. The van der Waals surface area contributed by atoms with Crippen molar-refractivity contribution >= 4 is 33.4 Å². The molecule has 2 heterocycles. The number of esters is 1. The van der Waals surface area contributed by atoms with E-state index in [2.05, 4.69) is 4.99 Å². The summed E-state index contributed by atoms with van der Waals surface area (Å²) >= 11 is 1.33. The van der Waals surface area contributed by atoms with Gasteiger partial charge in [-0.3, -0.25) is 9.59 Å². The van der Waals surface area contributed by atoms with Gasteiger partial charge in [0.25, 0.3) is 0 Å². The maximum absolute atomic E-state index is 11.9. The first-order valence-corrected chi connectivity index (χ1v) is 8.60. The molecule has 1 amide bonds. The summed E-state index contributed by atoms with van der Waals surface area (Å²) in [5.74, 6) is 0.665. The molecule has 2 aromatic rings. The molecule has 24 heavy (non-hydrogen) atoms. The first-order chi connectivity index (χ1) is 11.6. The van der Waals surface area contributed by atoms with Gasteiger partial charge in [-0.1, -0.05) is 18.3 Å². The summed E-state index contributed by atoms with van der Waals surface area (Å²) in [5.41, 5.74) is 0.764. The molecular formula is C16H18N2O5S. The average molecular weight is 350 g/mol. The smallest absolute Gasteiger partial charge is 0.326 e. The normalized spacial score (nSPS) is 14.0. The number of hydrogen-bond acceptors (Lipinski definition) is 6. The fourth-order valence-electron chi connectivity index (χ4n) is 2.37. The van der Waals surface area contributed by atoms with Crippen molar-refractivity contribution in [2.45, 2.75) is 26.8 Å². The van der Waals surface area contributed by atoms with Crippen LogP contribution in [0, 0.1) is 0 Å². The number of carbonyl (C=O) groups excluding carboxylic acids is 2. The molecule has 0 bridgehead atoms. The lowest BCUT2D eigenvalue weighted by atomic mass is 10.2. The predicted molar refractivity (Wildman–Crippen MR) is 88.3 cm³/mol. The van der Waals surface area contributed by atoms with Crippen molar-refractivity contribution in [3.63, 3.8) is 0 Å². The van der Waals surface area contributed by atoms with Crippen LogP contribution < -0.4 is 14.3 Å². The maximum Gasteiger partial charge on any atom is 0.326 e. The number of nitrogens with zero attached hydrogens (tertiary/aromatic N) is 2. The Bertz CT molecular complexity index is 852. The van der Waals surface area contributed by atoms with Gasteiger partial charge in [0.1, 0.15) is 19.8 Å². The van der Waals surface area contributed by atoms with E-state index in [9.17, 15) is 9.59 Å². The molecule has 0 saturated heterocycles. The number of ether oxygens (including phenoxy) is 3. The molecule has 0 atom stereocenters. The third-order valence-electron chi connectivity index (χ3n) is 3.46. The number of rotatable bonds is 4. The van der Waals surface area contributed by atoms with Crippen LogP contribution in [0.25, 0.3) is 10.2 Å². The van der Waals surface area contributed by atoms with E-state index in [1.165, 1.54) is 11.3 Å². The molecule has 0 fully saturated rings. The summed E-state index contributed by atoms with van der Waals surface area (Å²) in [6, 6.07) is 3.67. The molecule has 0 N–H and O–H groups in total. The Morgan fingerprint density at radius 2 is 1.96 bits per heavy atom. The van der Waals surface area contributed by atoms with Gasteiger partial charge < -0.3 is 18.8 Å². The molecule has 0 radical (unpaired) electrons. The van der Waals surface area contributed by atoms with E-state index < -0.39 is 0 Å². The molecule has 128 valence electrons. The molecule has 8 heteroatoms. The van der Waals surface area contributed by atoms with Crippen LogP contribution in [0.2, 0.25) is 0 Å². The molecule has 1 aliphatic rings. The van der Waals surface area contributed by atoms with E-state index in [0.29, 0.717) is 42.5 Å². The molecule has 0 aliphatic carbocycles. The molecule has 0 spiro atoms. The van der Waals surface area contributed by atoms with Crippen LogP contribution in [0.3, 0.4) is 0 Å². The van der Waals surface area contributed by atoms with Gasteiger partial charge in [-0.2, -0.15) is 4.99 Å². The van der Waals surface area contributed by atoms with Gasteiger partial charge in [-0.05, 0) is 6.92 Å². The fraction of sp³-hybridized carbons (Fsp3) is 0.438. The second kappa shape index (κ2) is 7.04. The molecule has 0 unspecified atom stereocenters. The zero-order valence-corrected chi connectivity index (χ0v) is 14.4. The second-order valence-corrected chi connectivity index (χ2v) is 6.11. The molecule has 1 aromatic heterocycles. The quantitative estimate of drug-likeness (QED) is 0.787.